The molecule has 1 saturated carbocycles. The minimum Gasteiger partial charge on any atom is -0.338 e. The highest BCUT2D eigenvalue weighted by Gasteiger charge is 2.48. The lowest BCUT2D eigenvalue weighted by atomic mass is 9.81. The number of hydrogen-bond donors (Lipinski definition) is 3. The van der Waals surface area contributed by atoms with E-state index in [2.05, 4.69) is 30.6 Å². The monoisotopic (exact) mass is 559 g/mol. The van der Waals surface area contributed by atoms with E-state index in [1.165, 1.54) is 32.2 Å². The van der Waals surface area contributed by atoms with E-state index in [0.29, 0.717) is 5.56 Å². The topological polar surface area (TPSA) is 142 Å². The van der Waals surface area contributed by atoms with E-state index in [9.17, 15) is 36.3 Å². The van der Waals surface area contributed by atoms with Crippen molar-refractivity contribution in [2.75, 3.05) is 11.9 Å². The Hall–Kier alpha value is -3.85. The highest BCUT2D eigenvalue weighted by atomic mass is 19.4. The summed E-state index contributed by atoms with van der Waals surface area (Å²) in [7, 11) is 0. The van der Waals surface area contributed by atoms with Gasteiger partial charge in [-0.2, -0.15) is 13.2 Å². The number of nitrogens with one attached hydrogen (secondary N) is 3. The van der Waals surface area contributed by atoms with Gasteiger partial charge in [0.1, 0.15) is 23.6 Å². The maximum atomic E-state index is 13.8. The first-order valence-electron chi connectivity index (χ1n) is 12.1. The Labute approximate surface area is 218 Å². The summed E-state index contributed by atoms with van der Waals surface area (Å²) in [4.78, 5) is 43.3. The van der Waals surface area contributed by atoms with Gasteiger partial charge in [0.25, 0.3) is 5.91 Å². The van der Waals surface area contributed by atoms with Crippen LogP contribution in [0.2, 0.25) is 0 Å². The molecule has 3 N–H and O–H groups in total. The van der Waals surface area contributed by atoms with Crippen molar-refractivity contribution in [2.45, 2.75) is 69.8 Å². The van der Waals surface area contributed by atoms with Crippen molar-refractivity contribution >= 4 is 23.7 Å². The Morgan fingerprint density at radius 3 is 2.51 bits per heavy atom. The third-order valence-corrected chi connectivity index (χ3v) is 6.99. The Kier molecular flexibility index (Phi) is 7.75. The molecule has 1 saturated heterocycles. The van der Waals surface area contributed by atoms with Gasteiger partial charge in [0.05, 0.1) is 12.6 Å². The smallest absolute Gasteiger partial charge is 0.338 e. The summed E-state index contributed by atoms with van der Waals surface area (Å²) in [5.74, 6) is -5.01. The number of carbonyl (C=O) groups excluding carboxylic acids is 3. The number of aromatic nitrogens is 3. The average Bonchev–Trinajstić information content (AvgIpc) is 3.48. The fourth-order valence-electron chi connectivity index (χ4n) is 4.68. The molecule has 4 amide bonds. The molecule has 4 rings (SSSR count). The third-order valence-electron chi connectivity index (χ3n) is 6.99. The van der Waals surface area contributed by atoms with Gasteiger partial charge < -0.3 is 20.9 Å². The number of carbonyl (C=O) groups is 3. The minimum absolute atomic E-state index is 0.00371. The summed E-state index contributed by atoms with van der Waals surface area (Å²) in [5, 5.41) is 14.0. The normalized spacial score (nSPS) is 21.3. The maximum absolute atomic E-state index is 13.8. The molecule has 0 spiro atoms. The molecule has 212 valence electrons. The van der Waals surface area contributed by atoms with E-state index in [0.717, 1.165) is 4.90 Å². The summed E-state index contributed by atoms with van der Waals surface area (Å²) in [5.41, 5.74) is 0.397. The van der Waals surface area contributed by atoms with Crippen molar-refractivity contribution < 1.29 is 41.0 Å². The zero-order valence-electron chi connectivity index (χ0n) is 20.9. The van der Waals surface area contributed by atoms with Crippen LogP contribution < -0.4 is 16.0 Å². The van der Waals surface area contributed by atoms with Crippen LogP contribution in [-0.4, -0.2) is 68.8 Å². The number of pyridine rings is 1. The number of halogens is 5. The lowest BCUT2D eigenvalue weighted by Crippen LogP contribution is -2.50. The van der Waals surface area contributed by atoms with Gasteiger partial charge in [0, 0.05) is 19.0 Å². The van der Waals surface area contributed by atoms with Gasteiger partial charge in [0.15, 0.2) is 5.69 Å². The van der Waals surface area contributed by atoms with Crippen LogP contribution >= 0.6 is 0 Å². The Balaban J connectivity index is 1.50. The second-order valence-electron chi connectivity index (χ2n) is 9.68. The summed E-state index contributed by atoms with van der Waals surface area (Å²) < 4.78 is 71.3. The van der Waals surface area contributed by atoms with Crippen LogP contribution in [0.15, 0.2) is 23.0 Å². The van der Waals surface area contributed by atoms with E-state index in [4.69, 9.17) is 0 Å². The number of nitrogens with zero attached hydrogens (tertiary/aromatic N) is 4. The predicted molar refractivity (Wildman–Crippen MR) is 124 cm³/mol. The van der Waals surface area contributed by atoms with Crippen LogP contribution in [0, 0.1) is 12.8 Å². The molecule has 1 aliphatic heterocycles. The Bertz CT molecular complexity index is 1230. The number of urea groups is 1. The first kappa shape index (κ1) is 28.2. The number of aryl methyl sites for hydroxylation is 1. The minimum atomic E-state index is -4.61. The maximum Gasteiger partial charge on any atom is 0.410 e. The van der Waals surface area contributed by atoms with E-state index < -0.39 is 73.4 Å². The zero-order valence-corrected chi connectivity index (χ0v) is 20.9. The summed E-state index contributed by atoms with van der Waals surface area (Å²) in [6.07, 6.45) is -4.28. The van der Waals surface area contributed by atoms with Crippen molar-refractivity contribution in [1.82, 2.24) is 30.8 Å². The highest BCUT2D eigenvalue weighted by molar-refractivity contribution is 6.00. The van der Waals surface area contributed by atoms with Crippen molar-refractivity contribution in [2.24, 2.45) is 5.92 Å². The molecular formula is C23H26F5N7O4. The predicted octanol–water partition coefficient (Wildman–Crippen LogP) is 3.35. The highest BCUT2D eigenvalue weighted by Crippen LogP contribution is 2.38. The molecule has 16 heteroatoms. The fraction of sp³-hybridized carbons (Fsp3) is 0.565. The number of alkyl halides is 5. The molecule has 39 heavy (non-hydrogen) atoms. The van der Waals surface area contributed by atoms with Crippen LogP contribution in [0.5, 0.6) is 0 Å². The Morgan fingerprint density at radius 1 is 1.23 bits per heavy atom. The SMILES string of the molecule is Cc1nonc1C(=O)N[C@H](C(=O)Nc1cc([C@@H](C)N2C[C@@H](C(F)(F)F)NC2=O)ccn1)C1CCC(F)(F)CC1. The Morgan fingerprint density at radius 2 is 1.92 bits per heavy atom. The van der Waals surface area contributed by atoms with Crippen LogP contribution in [-0.2, 0) is 4.79 Å². The second-order valence-corrected chi connectivity index (χ2v) is 9.68. The number of rotatable bonds is 7. The molecule has 2 aromatic rings. The van der Waals surface area contributed by atoms with Gasteiger partial charge >= 0.3 is 12.2 Å². The summed E-state index contributed by atoms with van der Waals surface area (Å²) in [6, 6.07) is -2.06. The first-order chi connectivity index (χ1) is 18.2. The molecule has 3 heterocycles. The molecule has 0 aromatic carbocycles. The zero-order chi connectivity index (χ0) is 28.5. The number of anilines is 1. The summed E-state index contributed by atoms with van der Waals surface area (Å²) >= 11 is 0. The molecular weight excluding hydrogens is 533 g/mol. The van der Waals surface area contributed by atoms with Crippen LogP contribution in [0.3, 0.4) is 0 Å². The van der Waals surface area contributed by atoms with E-state index in [-0.39, 0.29) is 30.0 Å². The molecule has 0 unspecified atom stereocenters. The quantitative estimate of drug-likeness (QED) is 0.442. The molecule has 1 aliphatic carbocycles. The van der Waals surface area contributed by atoms with E-state index >= 15 is 0 Å². The number of amides is 4. The molecule has 0 bridgehead atoms. The van der Waals surface area contributed by atoms with Crippen molar-refractivity contribution in [3.63, 3.8) is 0 Å². The number of hydrogen-bond acceptors (Lipinski definition) is 7. The van der Waals surface area contributed by atoms with Crippen molar-refractivity contribution in [1.29, 1.82) is 0 Å². The fourth-order valence-corrected chi connectivity index (χ4v) is 4.68. The molecule has 0 radical (unpaired) electrons. The van der Waals surface area contributed by atoms with Crippen molar-refractivity contribution in [3.8, 4) is 0 Å². The van der Waals surface area contributed by atoms with Crippen LogP contribution in [0.25, 0.3) is 0 Å². The molecule has 11 nitrogen and oxygen atoms in total. The standard InChI is InChI=1S/C23H26F5N7O4/c1-11-17(34-39-33-11)19(36)32-18(13-3-6-22(24,25)7-4-13)20(37)31-16-9-14(5-8-29-16)12(2)35-10-15(23(26,27)28)30-21(35)38/h5,8-9,12-13,15,18H,3-4,6-7,10H2,1-2H3,(H,30,38)(H,32,36)(H,29,31,37)/t12-,15+,18+/m1/s1. The largest absolute Gasteiger partial charge is 0.410 e. The molecule has 3 atom stereocenters. The lowest BCUT2D eigenvalue weighted by Gasteiger charge is -2.33. The van der Waals surface area contributed by atoms with E-state index in [1.807, 2.05) is 5.32 Å². The van der Waals surface area contributed by atoms with Gasteiger partial charge in [-0.25, -0.2) is 23.2 Å². The summed E-state index contributed by atoms with van der Waals surface area (Å²) in [6.45, 7) is 2.40. The lowest BCUT2D eigenvalue weighted by molar-refractivity contribution is -0.150. The van der Waals surface area contributed by atoms with Gasteiger partial charge in [-0.15, -0.1) is 0 Å². The van der Waals surface area contributed by atoms with E-state index in [1.54, 1.807) is 0 Å². The van der Waals surface area contributed by atoms with Crippen molar-refractivity contribution in [3.05, 3.63) is 35.3 Å². The third kappa shape index (κ3) is 6.42. The molecule has 2 fully saturated rings. The molecule has 2 aromatic heterocycles. The second kappa shape index (κ2) is 10.7. The van der Waals surface area contributed by atoms with Gasteiger partial charge in [0.2, 0.25) is 11.8 Å². The van der Waals surface area contributed by atoms with Gasteiger partial charge in [-0.05, 0) is 55.5 Å². The average molecular weight is 559 g/mol. The van der Waals surface area contributed by atoms with Crippen LogP contribution in [0.1, 0.15) is 60.4 Å². The van der Waals surface area contributed by atoms with Gasteiger partial charge in [-0.3, -0.25) is 9.59 Å². The molecule has 2 aliphatic rings. The van der Waals surface area contributed by atoms with Gasteiger partial charge in [-0.1, -0.05) is 5.16 Å². The van der Waals surface area contributed by atoms with Crippen LogP contribution in [0.4, 0.5) is 32.6 Å². The first-order valence-corrected chi connectivity index (χ1v) is 12.1.